The molecular formula is C16H18N2O2. The van der Waals surface area contributed by atoms with Crippen LogP contribution in [0.4, 0.5) is 0 Å². The van der Waals surface area contributed by atoms with Crippen molar-refractivity contribution >= 4 is 12.2 Å². The molecule has 0 saturated heterocycles. The van der Waals surface area contributed by atoms with Gasteiger partial charge in [-0.15, -0.1) is 0 Å². The number of esters is 1. The lowest BCUT2D eigenvalue weighted by Gasteiger charge is -2.01. The van der Waals surface area contributed by atoms with Crippen molar-refractivity contribution in [3.63, 3.8) is 0 Å². The van der Waals surface area contributed by atoms with Crippen LogP contribution in [0.3, 0.4) is 0 Å². The maximum absolute atomic E-state index is 10.6. The number of hydrogen-bond donors (Lipinski definition) is 2. The van der Waals surface area contributed by atoms with E-state index in [9.17, 15) is 4.79 Å². The average molecular weight is 270 g/mol. The minimum Gasteiger partial charge on any atom is -0.460 e. The van der Waals surface area contributed by atoms with Crippen LogP contribution in [-0.4, -0.2) is 18.7 Å². The Bertz CT molecular complexity index is 513. The van der Waals surface area contributed by atoms with Gasteiger partial charge in [0.2, 0.25) is 0 Å². The fourth-order valence-corrected chi connectivity index (χ4v) is 1.35. The van der Waals surface area contributed by atoms with Crippen LogP contribution in [0.1, 0.15) is 11.1 Å². The van der Waals surface area contributed by atoms with E-state index in [1.807, 2.05) is 60.7 Å². The van der Waals surface area contributed by atoms with Gasteiger partial charge in [0.1, 0.15) is 6.61 Å². The molecule has 0 amide bonds. The molecule has 3 N–H and O–H groups in total. The van der Waals surface area contributed by atoms with Crippen LogP contribution in [0.25, 0.3) is 0 Å². The maximum atomic E-state index is 10.6. The third-order valence-electron chi connectivity index (χ3n) is 2.38. The van der Waals surface area contributed by atoms with Gasteiger partial charge in [-0.25, -0.2) is 0 Å². The van der Waals surface area contributed by atoms with Crippen molar-refractivity contribution in [2.75, 3.05) is 6.54 Å². The van der Waals surface area contributed by atoms with E-state index in [1.165, 1.54) is 6.21 Å². The van der Waals surface area contributed by atoms with Crippen molar-refractivity contribution in [2.24, 2.45) is 5.73 Å². The van der Waals surface area contributed by atoms with Gasteiger partial charge in [0.25, 0.3) is 0 Å². The SMILES string of the molecule is N=Cc1ccccc1.NCC(=O)OCc1ccccc1. The van der Waals surface area contributed by atoms with E-state index in [0.717, 1.165) is 11.1 Å². The van der Waals surface area contributed by atoms with E-state index in [-0.39, 0.29) is 12.5 Å². The molecule has 0 saturated carbocycles. The first kappa shape index (κ1) is 15.6. The standard InChI is InChI=1S/C9H11NO2.C7H7N/c10-6-9(11)12-7-8-4-2-1-3-5-8;8-6-7-4-2-1-3-5-7/h1-5H,6-7,10H2;1-6,8H. The van der Waals surface area contributed by atoms with E-state index in [2.05, 4.69) is 0 Å². The second-order valence-electron chi connectivity index (χ2n) is 3.91. The van der Waals surface area contributed by atoms with Gasteiger partial charge >= 0.3 is 5.97 Å². The zero-order chi connectivity index (χ0) is 14.6. The summed E-state index contributed by atoms with van der Waals surface area (Å²) in [6, 6.07) is 19.0. The summed E-state index contributed by atoms with van der Waals surface area (Å²) in [5, 5.41) is 6.82. The Morgan fingerprint density at radius 1 is 1.05 bits per heavy atom. The molecule has 20 heavy (non-hydrogen) atoms. The van der Waals surface area contributed by atoms with Crippen LogP contribution in [-0.2, 0) is 16.1 Å². The number of carbonyl (C=O) groups excluding carboxylic acids is 1. The van der Waals surface area contributed by atoms with Crippen molar-refractivity contribution in [1.29, 1.82) is 5.41 Å². The maximum Gasteiger partial charge on any atom is 0.320 e. The molecule has 4 heteroatoms. The van der Waals surface area contributed by atoms with Crippen LogP contribution in [0.2, 0.25) is 0 Å². The lowest BCUT2D eigenvalue weighted by atomic mass is 10.2. The lowest BCUT2D eigenvalue weighted by Crippen LogP contribution is -2.16. The van der Waals surface area contributed by atoms with Gasteiger partial charge in [-0.3, -0.25) is 4.79 Å². The predicted molar refractivity (Wildman–Crippen MR) is 79.6 cm³/mol. The fourth-order valence-electron chi connectivity index (χ4n) is 1.35. The second-order valence-corrected chi connectivity index (χ2v) is 3.91. The van der Waals surface area contributed by atoms with Gasteiger partial charge < -0.3 is 15.9 Å². The van der Waals surface area contributed by atoms with Gasteiger partial charge in [-0.2, -0.15) is 0 Å². The zero-order valence-corrected chi connectivity index (χ0v) is 11.2. The minimum atomic E-state index is -0.376. The van der Waals surface area contributed by atoms with Gasteiger partial charge in [0.15, 0.2) is 0 Å². The Morgan fingerprint density at radius 2 is 1.60 bits per heavy atom. The number of carbonyl (C=O) groups is 1. The monoisotopic (exact) mass is 270 g/mol. The van der Waals surface area contributed by atoms with Crippen molar-refractivity contribution in [1.82, 2.24) is 0 Å². The van der Waals surface area contributed by atoms with E-state index < -0.39 is 0 Å². The molecule has 0 aromatic heterocycles. The number of nitrogens with one attached hydrogen (secondary N) is 1. The first-order chi connectivity index (χ1) is 9.76. The van der Waals surface area contributed by atoms with Gasteiger partial charge in [-0.05, 0) is 11.1 Å². The van der Waals surface area contributed by atoms with Crippen LogP contribution >= 0.6 is 0 Å². The number of rotatable bonds is 4. The van der Waals surface area contributed by atoms with Crippen LogP contribution in [0.5, 0.6) is 0 Å². The Kier molecular flexibility index (Phi) is 7.38. The second kappa shape index (κ2) is 9.47. The molecule has 0 unspecified atom stereocenters. The summed E-state index contributed by atoms with van der Waals surface area (Å²) in [4.78, 5) is 10.6. The molecule has 0 fully saturated rings. The van der Waals surface area contributed by atoms with Crippen molar-refractivity contribution in [3.8, 4) is 0 Å². The highest BCUT2D eigenvalue weighted by Crippen LogP contribution is 1.99. The molecule has 2 aromatic carbocycles. The normalized spacial score (nSPS) is 9.05. The fraction of sp³-hybridized carbons (Fsp3) is 0.125. The number of benzene rings is 2. The molecule has 4 nitrogen and oxygen atoms in total. The van der Waals surface area contributed by atoms with Crippen molar-refractivity contribution in [3.05, 3.63) is 71.8 Å². The molecule has 2 rings (SSSR count). The van der Waals surface area contributed by atoms with Crippen LogP contribution in [0, 0.1) is 5.41 Å². The molecule has 0 bridgehead atoms. The summed E-state index contributed by atoms with van der Waals surface area (Å²) in [7, 11) is 0. The summed E-state index contributed by atoms with van der Waals surface area (Å²) < 4.78 is 4.81. The third kappa shape index (κ3) is 6.47. The highest BCUT2D eigenvalue weighted by atomic mass is 16.5. The molecule has 0 aliphatic heterocycles. The average Bonchev–Trinajstić information content (AvgIpc) is 2.55. The van der Waals surface area contributed by atoms with E-state index in [4.69, 9.17) is 15.9 Å². The summed E-state index contributed by atoms with van der Waals surface area (Å²) in [6.45, 7) is 0.240. The highest BCUT2D eigenvalue weighted by molar-refractivity contribution is 5.76. The summed E-state index contributed by atoms with van der Waals surface area (Å²) in [5.41, 5.74) is 6.98. The predicted octanol–water partition coefficient (Wildman–Crippen LogP) is 2.37. The molecule has 2 aromatic rings. The molecule has 0 aliphatic carbocycles. The topological polar surface area (TPSA) is 76.2 Å². The van der Waals surface area contributed by atoms with Crippen LogP contribution < -0.4 is 5.73 Å². The number of nitrogens with two attached hydrogens (primary N) is 1. The van der Waals surface area contributed by atoms with E-state index >= 15 is 0 Å². The summed E-state index contributed by atoms with van der Waals surface area (Å²) in [6.07, 6.45) is 1.33. The molecule has 104 valence electrons. The lowest BCUT2D eigenvalue weighted by molar-refractivity contribution is -0.143. The Morgan fingerprint density at radius 3 is 2.05 bits per heavy atom. The first-order valence-electron chi connectivity index (χ1n) is 6.21. The smallest absolute Gasteiger partial charge is 0.320 e. The Balaban J connectivity index is 0.000000217. The largest absolute Gasteiger partial charge is 0.460 e. The van der Waals surface area contributed by atoms with Crippen LogP contribution in [0.15, 0.2) is 60.7 Å². The molecule has 0 heterocycles. The minimum absolute atomic E-state index is 0.0627. The van der Waals surface area contributed by atoms with Crippen molar-refractivity contribution < 1.29 is 9.53 Å². The Hall–Kier alpha value is -2.46. The highest BCUT2D eigenvalue weighted by Gasteiger charge is 1.97. The summed E-state index contributed by atoms with van der Waals surface area (Å²) in [5.74, 6) is -0.376. The first-order valence-corrected chi connectivity index (χ1v) is 6.21. The van der Waals surface area contributed by atoms with Crippen molar-refractivity contribution in [2.45, 2.75) is 6.61 Å². The molecule has 0 radical (unpaired) electrons. The molecule has 0 aliphatic rings. The zero-order valence-electron chi connectivity index (χ0n) is 11.2. The molecule has 0 spiro atoms. The summed E-state index contributed by atoms with van der Waals surface area (Å²) >= 11 is 0. The molecular weight excluding hydrogens is 252 g/mol. The van der Waals surface area contributed by atoms with E-state index in [1.54, 1.807) is 0 Å². The Labute approximate surface area is 118 Å². The number of ether oxygens (including phenoxy) is 1. The third-order valence-corrected chi connectivity index (χ3v) is 2.38. The molecule has 0 atom stereocenters. The van der Waals surface area contributed by atoms with E-state index in [0.29, 0.717) is 6.61 Å². The quantitative estimate of drug-likeness (QED) is 0.661. The number of hydrogen-bond acceptors (Lipinski definition) is 4. The van der Waals surface area contributed by atoms with Gasteiger partial charge in [-0.1, -0.05) is 60.7 Å². The van der Waals surface area contributed by atoms with Gasteiger partial charge in [0, 0.05) is 6.21 Å². The van der Waals surface area contributed by atoms with Gasteiger partial charge in [0.05, 0.1) is 6.54 Å².